The molecule has 0 saturated heterocycles. The van der Waals surface area contributed by atoms with Crippen molar-refractivity contribution in [2.24, 2.45) is 10.1 Å². The maximum atomic E-state index is 12.4. The third-order valence-corrected chi connectivity index (χ3v) is 7.68. The van der Waals surface area contributed by atoms with E-state index < -0.39 is 0 Å². The fourth-order valence-electron chi connectivity index (χ4n) is 4.29. The number of amides is 1. The Morgan fingerprint density at radius 2 is 1.94 bits per heavy atom. The van der Waals surface area contributed by atoms with Crippen molar-refractivity contribution in [3.05, 3.63) is 63.1 Å². The standard InChI is InChI=1S/C25H28Cl2N4OS/c1-5-28-23(18-9-11-19(26)20(27)15-18)30-13-7-8-16-14-17(10-12-21(16)30)22-25(3,4)33-24(32)31(6-2)29-22/h9-12,14-15H,5-8,13H2,1-4H3. The first-order valence-electron chi connectivity index (χ1n) is 11.3. The Kier molecular flexibility index (Phi) is 7.08. The summed E-state index contributed by atoms with van der Waals surface area (Å²) in [6.07, 6.45) is 2.00. The molecule has 0 fully saturated rings. The minimum absolute atomic E-state index is 0.00238. The Labute approximate surface area is 209 Å². The summed E-state index contributed by atoms with van der Waals surface area (Å²) < 4.78 is -0.389. The monoisotopic (exact) mass is 502 g/mol. The molecule has 0 atom stereocenters. The molecule has 174 valence electrons. The molecule has 2 heterocycles. The number of fused-ring (bicyclic) bond motifs is 1. The van der Waals surface area contributed by atoms with E-state index in [1.807, 2.05) is 32.0 Å². The molecule has 0 aromatic heterocycles. The second kappa shape index (κ2) is 9.69. The number of carbonyl (C=O) groups excluding carboxylic acids is 1. The van der Waals surface area contributed by atoms with Crippen LogP contribution in [-0.2, 0) is 6.42 Å². The Morgan fingerprint density at radius 1 is 1.15 bits per heavy atom. The molecule has 0 spiro atoms. The van der Waals surface area contributed by atoms with Gasteiger partial charge in [-0.05, 0) is 82.0 Å². The summed E-state index contributed by atoms with van der Waals surface area (Å²) in [5, 5.41) is 7.32. The van der Waals surface area contributed by atoms with E-state index in [0.29, 0.717) is 23.1 Å². The summed E-state index contributed by atoms with van der Waals surface area (Å²) in [5.41, 5.74) is 5.34. The summed E-state index contributed by atoms with van der Waals surface area (Å²) in [6, 6.07) is 12.2. The van der Waals surface area contributed by atoms with E-state index in [1.54, 1.807) is 5.01 Å². The van der Waals surface area contributed by atoms with Gasteiger partial charge < -0.3 is 4.90 Å². The zero-order valence-electron chi connectivity index (χ0n) is 19.4. The number of aryl methyl sites for hydroxylation is 1. The van der Waals surface area contributed by atoms with Crippen LogP contribution in [0.15, 0.2) is 46.5 Å². The van der Waals surface area contributed by atoms with Crippen LogP contribution < -0.4 is 4.90 Å². The Morgan fingerprint density at radius 3 is 2.64 bits per heavy atom. The number of aliphatic imine (C=N–C) groups is 1. The number of benzene rings is 2. The van der Waals surface area contributed by atoms with Crippen LogP contribution in [0.2, 0.25) is 10.0 Å². The Hall–Kier alpha value is -2.02. The number of rotatable bonds is 4. The van der Waals surface area contributed by atoms with E-state index in [9.17, 15) is 4.79 Å². The normalized spacial score (nSPS) is 18.3. The first kappa shape index (κ1) is 24.1. The van der Waals surface area contributed by atoms with Crippen molar-refractivity contribution in [2.45, 2.75) is 45.3 Å². The summed E-state index contributed by atoms with van der Waals surface area (Å²) in [4.78, 5) is 19.4. The van der Waals surface area contributed by atoms with Crippen LogP contribution in [0.3, 0.4) is 0 Å². The van der Waals surface area contributed by atoms with Gasteiger partial charge in [-0.15, -0.1) is 0 Å². The topological polar surface area (TPSA) is 48.3 Å². The molecule has 2 aromatic rings. The quantitative estimate of drug-likeness (QED) is 0.337. The lowest BCUT2D eigenvalue weighted by Gasteiger charge is -2.35. The van der Waals surface area contributed by atoms with Crippen LogP contribution in [-0.4, -0.2) is 46.2 Å². The minimum Gasteiger partial charge on any atom is -0.326 e. The summed E-state index contributed by atoms with van der Waals surface area (Å²) in [7, 11) is 0. The van der Waals surface area contributed by atoms with Crippen LogP contribution in [0, 0.1) is 0 Å². The highest BCUT2D eigenvalue weighted by Gasteiger charge is 2.37. The van der Waals surface area contributed by atoms with Gasteiger partial charge in [0.15, 0.2) is 0 Å². The SMILES string of the molecule is CCN=C(c1ccc(Cl)c(Cl)c1)N1CCCc2cc(C3=NN(CC)C(=O)SC3(C)C)ccc21. The zero-order valence-corrected chi connectivity index (χ0v) is 21.7. The molecule has 0 unspecified atom stereocenters. The van der Waals surface area contributed by atoms with Gasteiger partial charge in [0.1, 0.15) is 5.84 Å². The molecule has 0 aliphatic carbocycles. The van der Waals surface area contributed by atoms with Crippen molar-refractivity contribution < 1.29 is 4.79 Å². The molecule has 2 aliphatic heterocycles. The predicted molar refractivity (Wildman–Crippen MR) is 142 cm³/mol. The fraction of sp³-hybridized carbons (Fsp3) is 0.400. The molecule has 0 bridgehead atoms. The number of thioether (sulfide) groups is 1. The highest BCUT2D eigenvalue weighted by atomic mass is 35.5. The molecular weight excluding hydrogens is 475 g/mol. The van der Waals surface area contributed by atoms with E-state index in [0.717, 1.165) is 47.7 Å². The van der Waals surface area contributed by atoms with E-state index in [2.05, 4.69) is 36.9 Å². The van der Waals surface area contributed by atoms with Gasteiger partial charge in [0, 0.05) is 30.9 Å². The number of anilines is 1. The second-order valence-corrected chi connectivity index (χ2v) is 11.0. The van der Waals surface area contributed by atoms with Crippen molar-refractivity contribution in [2.75, 3.05) is 24.5 Å². The van der Waals surface area contributed by atoms with Gasteiger partial charge in [-0.1, -0.05) is 41.0 Å². The van der Waals surface area contributed by atoms with Gasteiger partial charge in [0.2, 0.25) is 0 Å². The summed E-state index contributed by atoms with van der Waals surface area (Å²) in [5.74, 6) is 0.901. The van der Waals surface area contributed by atoms with Crippen LogP contribution in [0.1, 0.15) is 50.8 Å². The van der Waals surface area contributed by atoms with E-state index >= 15 is 0 Å². The number of carbonyl (C=O) groups is 1. The number of halogens is 2. The van der Waals surface area contributed by atoms with E-state index in [-0.39, 0.29) is 9.99 Å². The molecule has 0 N–H and O–H groups in total. The highest BCUT2D eigenvalue weighted by Crippen LogP contribution is 2.38. The second-order valence-electron chi connectivity index (χ2n) is 8.57. The minimum atomic E-state index is -0.389. The summed E-state index contributed by atoms with van der Waals surface area (Å²) in [6.45, 7) is 10.2. The molecule has 5 nitrogen and oxygen atoms in total. The first-order valence-corrected chi connectivity index (χ1v) is 12.8. The fourth-order valence-corrected chi connectivity index (χ4v) is 5.55. The lowest BCUT2D eigenvalue weighted by Crippen LogP contribution is -2.41. The smallest absolute Gasteiger partial charge is 0.302 e. The Bertz CT molecular complexity index is 1150. The molecule has 4 rings (SSSR count). The van der Waals surface area contributed by atoms with Gasteiger partial charge in [-0.25, -0.2) is 5.01 Å². The number of nitrogens with zero attached hydrogens (tertiary/aromatic N) is 4. The first-order chi connectivity index (χ1) is 15.7. The van der Waals surface area contributed by atoms with Crippen molar-refractivity contribution in [1.82, 2.24) is 5.01 Å². The van der Waals surface area contributed by atoms with Crippen LogP contribution in [0.5, 0.6) is 0 Å². The van der Waals surface area contributed by atoms with Gasteiger partial charge in [-0.3, -0.25) is 9.79 Å². The highest BCUT2D eigenvalue weighted by molar-refractivity contribution is 8.15. The molecule has 2 aliphatic rings. The average molecular weight is 503 g/mol. The maximum Gasteiger partial charge on any atom is 0.302 e. The lowest BCUT2D eigenvalue weighted by atomic mass is 9.93. The molecule has 0 saturated carbocycles. The van der Waals surface area contributed by atoms with Crippen molar-refractivity contribution in [1.29, 1.82) is 0 Å². The van der Waals surface area contributed by atoms with E-state index in [1.165, 1.54) is 17.3 Å². The predicted octanol–water partition coefficient (Wildman–Crippen LogP) is 6.88. The molecule has 0 radical (unpaired) electrons. The molecule has 2 aromatic carbocycles. The third-order valence-electron chi connectivity index (χ3n) is 5.86. The Balaban J connectivity index is 1.75. The zero-order chi connectivity index (χ0) is 23.8. The maximum absolute atomic E-state index is 12.4. The van der Waals surface area contributed by atoms with Crippen LogP contribution >= 0.6 is 35.0 Å². The molecule has 8 heteroatoms. The van der Waals surface area contributed by atoms with E-state index in [4.69, 9.17) is 33.3 Å². The molecular formula is C25H28Cl2N4OS. The average Bonchev–Trinajstić information content (AvgIpc) is 2.78. The lowest BCUT2D eigenvalue weighted by molar-refractivity contribution is 0.226. The number of hydrogen-bond acceptors (Lipinski definition) is 4. The van der Waals surface area contributed by atoms with Gasteiger partial charge >= 0.3 is 5.24 Å². The largest absolute Gasteiger partial charge is 0.326 e. The van der Waals surface area contributed by atoms with Crippen molar-refractivity contribution >= 4 is 57.4 Å². The molecule has 1 amide bonds. The number of hydrazone groups is 1. The van der Waals surface area contributed by atoms with Gasteiger partial charge in [0.25, 0.3) is 0 Å². The van der Waals surface area contributed by atoms with Crippen molar-refractivity contribution in [3.63, 3.8) is 0 Å². The molecule has 33 heavy (non-hydrogen) atoms. The number of hydrogen-bond donors (Lipinski definition) is 0. The summed E-state index contributed by atoms with van der Waals surface area (Å²) >= 11 is 13.8. The van der Waals surface area contributed by atoms with Crippen LogP contribution in [0.4, 0.5) is 10.5 Å². The van der Waals surface area contributed by atoms with Gasteiger partial charge in [0.05, 0.1) is 20.5 Å². The van der Waals surface area contributed by atoms with Crippen LogP contribution in [0.25, 0.3) is 0 Å². The van der Waals surface area contributed by atoms with Gasteiger partial charge in [-0.2, -0.15) is 5.10 Å². The van der Waals surface area contributed by atoms with Crippen molar-refractivity contribution in [3.8, 4) is 0 Å². The third kappa shape index (κ3) is 4.79. The number of amidine groups is 1.